The number of hydrogen-bond acceptors (Lipinski definition) is 5. The maximum absolute atomic E-state index is 13.2. The highest BCUT2D eigenvalue weighted by atomic mass is 16.5. The van der Waals surface area contributed by atoms with Gasteiger partial charge in [0.15, 0.2) is 6.04 Å². The van der Waals surface area contributed by atoms with Crippen molar-refractivity contribution in [1.82, 2.24) is 9.80 Å². The largest absolute Gasteiger partial charge is 0.467 e. The van der Waals surface area contributed by atoms with E-state index >= 15 is 0 Å². The van der Waals surface area contributed by atoms with E-state index in [1.807, 2.05) is 19.9 Å². The van der Waals surface area contributed by atoms with Gasteiger partial charge in [0, 0.05) is 11.5 Å². The van der Waals surface area contributed by atoms with Gasteiger partial charge in [0.1, 0.15) is 0 Å². The van der Waals surface area contributed by atoms with Gasteiger partial charge in [-0.3, -0.25) is 14.5 Å². The standard InChI is InChI=1S/C21H24N2O5/c1-13-9-10-16(14(2)11-13)19(25)23-17(20(26)28-3)12-22(21(23)27)18(24)15-7-5-4-6-8-15/h4-9,14,16-17H,10-12H2,1-3H3/t14-,16-,17-/m0/s1. The van der Waals surface area contributed by atoms with Crippen molar-refractivity contribution in [2.45, 2.75) is 32.7 Å². The fourth-order valence-electron chi connectivity index (χ4n) is 3.88. The predicted octanol–water partition coefficient (Wildman–Crippen LogP) is 2.62. The lowest BCUT2D eigenvalue weighted by Crippen LogP contribution is -2.48. The van der Waals surface area contributed by atoms with Crippen LogP contribution in [-0.4, -0.2) is 53.3 Å². The third kappa shape index (κ3) is 3.56. The van der Waals surface area contributed by atoms with Gasteiger partial charge in [0.2, 0.25) is 5.91 Å². The molecular formula is C21H24N2O5. The first-order chi connectivity index (χ1) is 13.3. The Labute approximate surface area is 163 Å². The summed E-state index contributed by atoms with van der Waals surface area (Å²) in [7, 11) is 1.20. The topological polar surface area (TPSA) is 84.0 Å². The molecule has 28 heavy (non-hydrogen) atoms. The van der Waals surface area contributed by atoms with E-state index in [2.05, 4.69) is 0 Å². The van der Waals surface area contributed by atoms with Crippen molar-refractivity contribution < 1.29 is 23.9 Å². The number of imide groups is 2. The van der Waals surface area contributed by atoms with Crippen molar-refractivity contribution in [2.75, 3.05) is 13.7 Å². The average molecular weight is 384 g/mol. The Hall–Kier alpha value is -2.96. The number of carbonyl (C=O) groups excluding carboxylic acids is 4. The Morgan fingerprint density at radius 2 is 1.82 bits per heavy atom. The zero-order chi connectivity index (χ0) is 20.4. The molecule has 0 N–H and O–H groups in total. The SMILES string of the molecule is COC(=O)[C@@H]1CN(C(=O)c2ccccc2)C(=O)N1C(=O)[C@H]1CC=C(C)C[C@@H]1C. The van der Waals surface area contributed by atoms with Gasteiger partial charge in [0.05, 0.1) is 13.7 Å². The number of amides is 4. The van der Waals surface area contributed by atoms with Crippen LogP contribution in [0.15, 0.2) is 42.0 Å². The molecule has 148 valence electrons. The summed E-state index contributed by atoms with van der Waals surface area (Å²) in [5.41, 5.74) is 1.52. The summed E-state index contributed by atoms with van der Waals surface area (Å²) in [6.45, 7) is 3.76. The Bertz CT molecular complexity index is 832. The molecule has 1 heterocycles. The van der Waals surface area contributed by atoms with Gasteiger partial charge in [-0.25, -0.2) is 14.5 Å². The molecular weight excluding hydrogens is 360 g/mol. The van der Waals surface area contributed by atoms with E-state index in [1.165, 1.54) is 12.7 Å². The summed E-state index contributed by atoms with van der Waals surface area (Å²) in [4.78, 5) is 53.1. The number of ether oxygens (including phenoxy) is 1. The first-order valence-corrected chi connectivity index (χ1v) is 9.32. The highest BCUT2D eigenvalue weighted by Gasteiger charge is 2.50. The quantitative estimate of drug-likeness (QED) is 0.591. The lowest BCUT2D eigenvalue weighted by Gasteiger charge is -2.30. The van der Waals surface area contributed by atoms with Crippen molar-refractivity contribution >= 4 is 23.8 Å². The molecule has 2 aliphatic rings. The lowest BCUT2D eigenvalue weighted by atomic mass is 9.80. The minimum absolute atomic E-state index is 0.0440. The molecule has 0 radical (unpaired) electrons. The molecule has 1 fully saturated rings. The average Bonchev–Trinajstić information content (AvgIpc) is 3.04. The molecule has 7 nitrogen and oxygen atoms in total. The van der Waals surface area contributed by atoms with Crippen molar-refractivity contribution in [1.29, 1.82) is 0 Å². The molecule has 0 aromatic heterocycles. The fourth-order valence-corrected chi connectivity index (χ4v) is 3.88. The van der Waals surface area contributed by atoms with Crippen molar-refractivity contribution in [3.8, 4) is 0 Å². The van der Waals surface area contributed by atoms with Gasteiger partial charge in [0.25, 0.3) is 5.91 Å². The highest BCUT2D eigenvalue weighted by Crippen LogP contribution is 2.33. The number of methoxy groups -OCH3 is 1. The molecule has 7 heteroatoms. The van der Waals surface area contributed by atoms with E-state index in [0.29, 0.717) is 12.0 Å². The van der Waals surface area contributed by atoms with Gasteiger partial charge in [-0.05, 0) is 37.8 Å². The zero-order valence-electron chi connectivity index (χ0n) is 16.3. The predicted molar refractivity (Wildman–Crippen MR) is 101 cm³/mol. The molecule has 1 aromatic carbocycles. The first kappa shape index (κ1) is 19.8. The van der Waals surface area contributed by atoms with Gasteiger partial charge in [-0.2, -0.15) is 0 Å². The summed E-state index contributed by atoms with van der Waals surface area (Å²) < 4.78 is 4.79. The summed E-state index contributed by atoms with van der Waals surface area (Å²) in [5, 5.41) is 0. The molecule has 4 amide bonds. The molecule has 1 aliphatic heterocycles. The summed E-state index contributed by atoms with van der Waals surface area (Å²) in [6, 6.07) is 6.41. The fraction of sp³-hybridized carbons (Fsp3) is 0.429. The summed E-state index contributed by atoms with van der Waals surface area (Å²) in [5.74, 6) is -2.04. The van der Waals surface area contributed by atoms with Crippen LogP contribution in [0.5, 0.6) is 0 Å². The van der Waals surface area contributed by atoms with Crippen LogP contribution >= 0.6 is 0 Å². The van der Waals surface area contributed by atoms with Crippen LogP contribution in [-0.2, 0) is 14.3 Å². The molecule has 1 saturated heterocycles. The van der Waals surface area contributed by atoms with E-state index in [4.69, 9.17) is 4.74 Å². The van der Waals surface area contributed by atoms with Crippen LogP contribution in [0.2, 0.25) is 0 Å². The first-order valence-electron chi connectivity index (χ1n) is 9.32. The van der Waals surface area contributed by atoms with Gasteiger partial charge in [-0.1, -0.05) is 36.8 Å². The molecule has 1 aliphatic carbocycles. The normalized spacial score (nSPS) is 24.8. The third-order valence-electron chi connectivity index (χ3n) is 5.45. The Morgan fingerprint density at radius 1 is 1.14 bits per heavy atom. The number of benzene rings is 1. The van der Waals surface area contributed by atoms with Crippen molar-refractivity contribution in [3.63, 3.8) is 0 Å². The number of esters is 1. The maximum atomic E-state index is 13.2. The number of urea groups is 1. The maximum Gasteiger partial charge on any atom is 0.334 e. The van der Waals surface area contributed by atoms with Crippen molar-refractivity contribution in [2.24, 2.45) is 11.8 Å². The smallest absolute Gasteiger partial charge is 0.334 e. The number of hydrogen-bond donors (Lipinski definition) is 0. The molecule has 0 unspecified atom stereocenters. The monoisotopic (exact) mass is 384 g/mol. The van der Waals surface area contributed by atoms with Crippen LogP contribution in [0.1, 0.15) is 37.0 Å². The van der Waals surface area contributed by atoms with Gasteiger partial charge >= 0.3 is 12.0 Å². The van der Waals surface area contributed by atoms with E-state index < -0.39 is 35.8 Å². The molecule has 0 saturated carbocycles. The van der Waals surface area contributed by atoms with Crippen LogP contribution < -0.4 is 0 Å². The Kier molecular flexibility index (Phi) is 5.63. The molecule has 3 rings (SSSR count). The minimum atomic E-state index is -1.13. The third-order valence-corrected chi connectivity index (χ3v) is 5.45. The van der Waals surface area contributed by atoms with E-state index in [1.54, 1.807) is 30.3 Å². The van der Waals surface area contributed by atoms with Gasteiger partial charge in [-0.15, -0.1) is 0 Å². The van der Waals surface area contributed by atoms with E-state index in [-0.39, 0.29) is 12.5 Å². The summed E-state index contributed by atoms with van der Waals surface area (Å²) in [6.07, 6.45) is 3.26. The Morgan fingerprint density at radius 3 is 2.43 bits per heavy atom. The van der Waals surface area contributed by atoms with Crippen LogP contribution in [0, 0.1) is 11.8 Å². The van der Waals surface area contributed by atoms with Gasteiger partial charge < -0.3 is 4.74 Å². The van der Waals surface area contributed by atoms with Crippen molar-refractivity contribution in [3.05, 3.63) is 47.5 Å². The second-order valence-corrected chi connectivity index (χ2v) is 7.39. The number of carbonyl (C=O) groups is 4. The Balaban J connectivity index is 1.89. The molecule has 3 atom stereocenters. The van der Waals surface area contributed by atoms with Crippen LogP contribution in [0.25, 0.3) is 0 Å². The molecule has 0 spiro atoms. The van der Waals surface area contributed by atoms with E-state index in [0.717, 1.165) is 16.2 Å². The second-order valence-electron chi connectivity index (χ2n) is 7.39. The minimum Gasteiger partial charge on any atom is -0.467 e. The van der Waals surface area contributed by atoms with Crippen LogP contribution in [0.4, 0.5) is 4.79 Å². The lowest BCUT2D eigenvalue weighted by molar-refractivity contribution is -0.150. The van der Waals surface area contributed by atoms with E-state index in [9.17, 15) is 19.2 Å². The molecule has 0 bridgehead atoms. The molecule has 1 aromatic rings. The number of allylic oxidation sites excluding steroid dienone is 2. The number of nitrogens with zero attached hydrogens (tertiary/aromatic N) is 2. The highest BCUT2D eigenvalue weighted by molar-refractivity contribution is 6.12. The number of rotatable bonds is 3. The summed E-state index contributed by atoms with van der Waals surface area (Å²) >= 11 is 0. The zero-order valence-corrected chi connectivity index (χ0v) is 16.3. The van der Waals surface area contributed by atoms with Crippen LogP contribution in [0.3, 0.4) is 0 Å². The second kappa shape index (κ2) is 7.96.